The molecular weight excluding hydrogens is 525 g/mol. The van der Waals surface area contributed by atoms with Crippen LogP contribution in [-0.4, -0.2) is 50.5 Å². The number of guanidine groups is 1. The monoisotopic (exact) mass is 558 g/mol. The van der Waals surface area contributed by atoms with Gasteiger partial charge in [-0.25, -0.2) is 9.79 Å². The van der Waals surface area contributed by atoms with Crippen molar-refractivity contribution in [3.8, 4) is 11.5 Å². The lowest BCUT2D eigenvalue weighted by Gasteiger charge is -2.20. The van der Waals surface area contributed by atoms with Gasteiger partial charge >= 0.3 is 12.7 Å². The summed E-state index contributed by atoms with van der Waals surface area (Å²) in [5.41, 5.74) is 0.216. The van der Waals surface area contributed by atoms with Crippen molar-refractivity contribution in [2.24, 2.45) is 4.99 Å². The molecule has 0 aliphatic rings. The van der Waals surface area contributed by atoms with Crippen LogP contribution in [0.2, 0.25) is 0 Å². The zero-order valence-corrected chi connectivity index (χ0v) is 20.9. The standard InChI is InChI=1S/C20H32F2N4O4.HI/c1-6-23-18(24-10-11-25-19(27)30-20(3,4)5)26-13-14-8-9-15(29-17(21)22)16(12-14)28-7-2;/h8-9,12,17H,6-7,10-11,13H2,1-5H3,(H,25,27)(H2,23,24,26);1H. The molecule has 0 spiro atoms. The fourth-order valence-corrected chi connectivity index (χ4v) is 2.28. The first kappa shape index (κ1) is 28.9. The van der Waals surface area contributed by atoms with Gasteiger partial charge in [0.15, 0.2) is 17.5 Å². The Bertz CT molecular complexity index is 700. The van der Waals surface area contributed by atoms with E-state index in [1.807, 2.05) is 6.92 Å². The molecule has 0 aromatic heterocycles. The molecular formula is C20H33F2IN4O4. The van der Waals surface area contributed by atoms with E-state index in [2.05, 4.69) is 25.7 Å². The summed E-state index contributed by atoms with van der Waals surface area (Å²) in [4.78, 5) is 16.1. The van der Waals surface area contributed by atoms with E-state index in [9.17, 15) is 13.6 Å². The Morgan fingerprint density at radius 1 is 1.10 bits per heavy atom. The number of carbonyl (C=O) groups excluding carboxylic acids is 1. The summed E-state index contributed by atoms with van der Waals surface area (Å²) < 4.78 is 40.0. The van der Waals surface area contributed by atoms with E-state index in [1.165, 1.54) is 6.07 Å². The Morgan fingerprint density at radius 2 is 1.77 bits per heavy atom. The van der Waals surface area contributed by atoms with E-state index in [1.54, 1.807) is 39.8 Å². The van der Waals surface area contributed by atoms with E-state index in [4.69, 9.17) is 9.47 Å². The van der Waals surface area contributed by atoms with Crippen molar-refractivity contribution in [3.05, 3.63) is 23.8 Å². The normalized spacial score (nSPS) is 11.4. The van der Waals surface area contributed by atoms with Crippen molar-refractivity contribution >= 4 is 36.0 Å². The summed E-state index contributed by atoms with van der Waals surface area (Å²) in [6, 6.07) is 4.71. The van der Waals surface area contributed by atoms with Crippen LogP contribution in [-0.2, 0) is 11.3 Å². The smallest absolute Gasteiger partial charge is 0.407 e. The van der Waals surface area contributed by atoms with Crippen LogP contribution in [0.15, 0.2) is 23.2 Å². The third-order valence-corrected chi connectivity index (χ3v) is 3.37. The maximum absolute atomic E-state index is 12.5. The van der Waals surface area contributed by atoms with Crippen LogP contribution in [0, 0.1) is 0 Å². The van der Waals surface area contributed by atoms with Gasteiger partial charge in [0.1, 0.15) is 5.60 Å². The molecule has 0 fully saturated rings. The molecule has 0 unspecified atom stereocenters. The van der Waals surface area contributed by atoms with Crippen molar-refractivity contribution in [2.45, 2.75) is 53.4 Å². The molecule has 0 aliphatic carbocycles. The highest BCUT2D eigenvalue weighted by Gasteiger charge is 2.15. The number of hydrogen-bond acceptors (Lipinski definition) is 5. The van der Waals surface area contributed by atoms with Crippen LogP contribution in [0.5, 0.6) is 11.5 Å². The lowest BCUT2D eigenvalue weighted by molar-refractivity contribution is -0.0514. The van der Waals surface area contributed by atoms with Crippen LogP contribution < -0.4 is 25.4 Å². The lowest BCUT2D eigenvalue weighted by atomic mass is 10.2. The van der Waals surface area contributed by atoms with Gasteiger partial charge in [-0.05, 0) is 52.3 Å². The highest BCUT2D eigenvalue weighted by molar-refractivity contribution is 14.0. The Kier molecular flexibility index (Phi) is 13.9. The maximum Gasteiger partial charge on any atom is 0.407 e. The van der Waals surface area contributed by atoms with Gasteiger partial charge in [-0.2, -0.15) is 8.78 Å². The molecule has 1 rings (SSSR count). The summed E-state index contributed by atoms with van der Waals surface area (Å²) in [6.07, 6.45) is -0.485. The number of ether oxygens (including phenoxy) is 3. The average Bonchev–Trinajstić information content (AvgIpc) is 2.63. The Hall–Kier alpha value is -2.05. The summed E-state index contributed by atoms with van der Waals surface area (Å²) >= 11 is 0. The Morgan fingerprint density at radius 3 is 2.35 bits per heavy atom. The molecule has 3 N–H and O–H groups in total. The number of carbonyl (C=O) groups is 1. The molecule has 0 radical (unpaired) electrons. The van der Waals surface area contributed by atoms with Crippen molar-refractivity contribution < 1.29 is 27.8 Å². The van der Waals surface area contributed by atoms with Crippen LogP contribution in [0.25, 0.3) is 0 Å². The number of hydrogen-bond donors (Lipinski definition) is 3. The van der Waals surface area contributed by atoms with Gasteiger partial charge in [0, 0.05) is 19.6 Å². The number of aliphatic imine (C=N–C) groups is 1. The quantitative estimate of drug-likeness (QED) is 0.175. The van der Waals surface area contributed by atoms with E-state index >= 15 is 0 Å². The van der Waals surface area contributed by atoms with Crippen LogP contribution in [0.1, 0.15) is 40.2 Å². The summed E-state index contributed by atoms with van der Waals surface area (Å²) in [5.74, 6) is 0.775. The number of benzene rings is 1. The van der Waals surface area contributed by atoms with Gasteiger partial charge in [-0.1, -0.05) is 6.07 Å². The molecule has 8 nitrogen and oxygen atoms in total. The highest BCUT2D eigenvalue weighted by atomic mass is 127. The minimum atomic E-state index is -2.92. The molecule has 1 amide bonds. The van der Waals surface area contributed by atoms with Gasteiger partial charge in [0.2, 0.25) is 0 Å². The van der Waals surface area contributed by atoms with Crippen molar-refractivity contribution in [1.29, 1.82) is 0 Å². The number of rotatable bonds is 10. The Labute approximate surface area is 199 Å². The predicted molar refractivity (Wildman–Crippen MR) is 127 cm³/mol. The minimum absolute atomic E-state index is 0. The second kappa shape index (κ2) is 14.9. The van der Waals surface area contributed by atoms with Crippen molar-refractivity contribution in [2.75, 3.05) is 26.2 Å². The summed E-state index contributed by atoms with van der Waals surface area (Å²) in [6.45, 7) is 8.21. The highest BCUT2D eigenvalue weighted by Crippen LogP contribution is 2.30. The van der Waals surface area contributed by atoms with Gasteiger partial charge in [-0.15, -0.1) is 24.0 Å². The van der Waals surface area contributed by atoms with Crippen molar-refractivity contribution in [1.82, 2.24) is 16.0 Å². The molecule has 11 heteroatoms. The molecule has 0 bridgehead atoms. The molecule has 0 heterocycles. The van der Waals surface area contributed by atoms with E-state index in [0.717, 1.165) is 5.56 Å². The van der Waals surface area contributed by atoms with Crippen LogP contribution in [0.4, 0.5) is 13.6 Å². The fraction of sp³-hybridized carbons (Fsp3) is 0.600. The van der Waals surface area contributed by atoms with Gasteiger partial charge in [-0.3, -0.25) is 0 Å². The fourth-order valence-electron chi connectivity index (χ4n) is 2.28. The van der Waals surface area contributed by atoms with Crippen molar-refractivity contribution in [3.63, 3.8) is 0 Å². The molecule has 0 saturated heterocycles. The zero-order chi connectivity index (χ0) is 22.6. The van der Waals surface area contributed by atoms with Gasteiger partial charge < -0.3 is 30.2 Å². The number of nitrogens with one attached hydrogen (secondary N) is 3. The first-order valence-corrected chi connectivity index (χ1v) is 9.84. The molecule has 1 aromatic rings. The molecule has 31 heavy (non-hydrogen) atoms. The third kappa shape index (κ3) is 13.1. The third-order valence-electron chi connectivity index (χ3n) is 3.37. The number of alkyl halides is 2. The molecule has 1 aromatic carbocycles. The second-order valence-electron chi connectivity index (χ2n) is 7.14. The summed E-state index contributed by atoms with van der Waals surface area (Å²) in [5, 5.41) is 8.85. The SMILES string of the molecule is CCNC(=NCc1ccc(OC(F)F)c(OCC)c1)NCCNC(=O)OC(C)(C)C.I. The van der Waals surface area contributed by atoms with Crippen LogP contribution in [0.3, 0.4) is 0 Å². The van der Waals surface area contributed by atoms with E-state index < -0.39 is 18.3 Å². The largest absolute Gasteiger partial charge is 0.490 e. The molecule has 0 atom stereocenters. The van der Waals surface area contributed by atoms with Crippen LogP contribution >= 0.6 is 24.0 Å². The minimum Gasteiger partial charge on any atom is -0.490 e. The average molecular weight is 558 g/mol. The topological polar surface area (TPSA) is 93.2 Å². The first-order valence-electron chi connectivity index (χ1n) is 9.84. The van der Waals surface area contributed by atoms with Gasteiger partial charge in [0.05, 0.1) is 13.2 Å². The van der Waals surface area contributed by atoms with E-state index in [-0.39, 0.29) is 35.5 Å². The molecule has 0 saturated carbocycles. The summed E-state index contributed by atoms with van der Waals surface area (Å²) in [7, 11) is 0. The number of amides is 1. The lowest BCUT2D eigenvalue weighted by Crippen LogP contribution is -2.42. The molecule has 178 valence electrons. The zero-order valence-electron chi connectivity index (χ0n) is 18.6. The maximum atomic E-state index is 12.5. The number of halogens is 3. The molecule has 0 aliphatic heterocycles. The number of nitrogens with zero attached hydrogens (tertiary/aromatic N) is 1. The van der Waals surface area contributed by atoms with E-state index in [0.29, 0.717) is 38.7 Å². The number of alkyl carbamates (subject to hydrolysis) is 1. The first-order chi connectivity index (χ1) is 14.1. The predicted octanol–water partition coefficient (Wildman–Crippen LogP) is 3.88. The second-order valence-corrected chi connectivity index (χ2v) is 7.14. The Balaban J connectivity index is 0.00000900. The van der Waals surface area contributed by atoms with Gasteiger partial charge in [0.25, 0.3) is 0 Å².